The Morgan fingerprint density at radius 1 is 1.30 bits per heavy atom. The molecule has 56 valence electrons. The smallest absolute Gasteiger partial charge is 0.209 e. The maximum absolute atomic E-state index is 10.4. The first-order chi connectivity index (χ1) is 4.90. The lowest BCUT2D eigenvalue weighted by Gasteiger charge is -2.07. The first kappa shape index (κ1) is 6.53. The van der Waals surface area contributed by atoms with E-state index in [4.69, 9.17) is 0 Å². The number of likely N-dealkylation sites (tertiary alicyclic amines) is 1. The quantitative estimate of drug-likeness (QED) is 0.515. The average Bonchev–Trinajstić information content (AvgIpc) is 2.42. The molecular weight excluding hydrogens is 146 g/mol. The van der Waals surface area contributed by atoms with Crippen LogP contribution in [0.25, 0.3) is 0 Å². The van der Waals surface area contributed by atoms with Crippen LogP contribution in [0.3, 0.4) is 0 Å². The van der Waals surface area contributed by atoms with Crippen LogP contribution in [-0.4, -0.2) is 35.9 Å². The minimum Gasteiger partial charge on any atom is -0.345 e. The van der Waals surface area contributed by atoms with Crippen LogP contribution in [0.4, 0.5) is 0 Å². The summed E-state index contributed by atoms with van der Waals surface area (Å²) in [4.78, 5) is 12.3. The van der Waals surface area contributed by atoms with E-state index < -0.39 is 0 Å². The number of hydrogen-bond donors (Lipinski definition) is 0. The number of hydrogen-bond acceptors (Lipinski definition) is 2. The van der Waals surface area contributed by atoms with Gasteiger partial charge in [-0.3, -0.25) is 4.79 Å². The van der Waals surface area contributed by atoms with Gasteiger partial charge in [-0.05, 0) is 23.3 Å². The van der Waals surface area contributed by atoms with Gasteiger partial charge < -0.3 is 4.90 Å². The van der Waals surface area contributed by atoms with Crippen LogP contribution in [0.2, 0.25) is 0 Å². The second-order valence-corrected chi connectivity index (χ2v) is 4.19. The molecule has 1 amide bonds. The molecule has 0 saturated carbocycles. The lowest BCUT2D eigenvalue weighted by atomic mass is 10.0. The van der Waals surface area contributed by atoms with Crippen LogP contribution in [0.15, 0.2) is 0 Å². The van der Waals surface area contributed by atoms with Crippen LogP contribution >= 0.6 is 11.8 Å². The fraction of sp³-hybridized carbons (Fsp3) is 0.857. The van der Waals surface area contributed by atoms with E-state index in [0.717, 1.165) is 31.3 Å². The number of fused-ring (bicyclic) bond motifs is 1. The summed E-state index contributed by atoms with van der Waals surface area (Å²) >= 11 is 2.04. The minimum atomic E-state index is 0.815. The van der Waals surface area contributed by atoms with Crippen LogP contribution in [-0.2, 0) is 4.79 Å². The summed E-state index contributed by atoms with van der Waals surface area (Å²) in [5.74, 6) is 4.18. The normalized spacial score (nSPS) is 38.2. The molecule has 0 aliphatic carbocycles. The van der Waals surface area contributed by atoms with Crippen LogP contribution < -0.4 is 0 Å². The Labute approximate surface area is 65.0 Å². The lowest BCUT2D eigenvalue weighted by Crippen LogP contribution is -2.19. The van der Waals surface area contributed by atoms with Crippen molar-refractivity contribution >= 4 is 18.2 Å². The molecule has 2 rings (SSSR count). The predicted octanol–water partition coefficient (Wildman–Crippen LogP) is 0.438. The number of thioether (sulfide) groups is 1. The Hall–Kier alpha value is -0.180. The molecule has 0 aromatic heterocycles. The van der Waals surface area contributed by atoms with E-state index in [-0.39, 0.29) is 0 Å². The second-order valence-electron chi connectivity index (χ2n) is 3.12. The van der Waals surface area contributed by atoms with Gasteiger partial charge in [0.25, 0.3) is 0 Å². The van der Waals surface area contributed by atoms with Crippen molar-refractivity contribution in [1.29, 1.82) is 0 Å². The molecule has 0 spiro atoms. The fourth-order valence-corrected chi connectivity index (χ4v) is 3.31. The summed E-state index contributed by atoms with van der Waals surface area (Å²) in [5.41, 5.74) is 0. The molecule has 0 bridgehead atoms. The van der Waals surface area contributed by atoms with E-state index in [1.807, 2.05) is 16.7 Å². The monoisotopic (exact) mass is 157 g/mol. The molecule has 2 nitrogen and oxygen atoms in total. The molecule has 0 aromatic carbocycles. The van der Waals surface area contributed by atoms with Crippen LogP contribution in [0.5, 0.6) is 0 Å². The summed E-state index contributed by atoms with van der Waals surface area (Å²) in [5, 5.41) is 0. The molecule has 10 heavy (non-hydrogen) atoms. The Balaban J connectivity index is 1.99. The molecule has 2 heterocycles. The zero-order chi connectivity index (χ0) is 6.97. The van der Waals surface area contributed by atoms with Gasteiger partial charge >= 0.3 is 0 Å². The predicted molar refractivity (Wildman–Crippen MR) is 41.9 cm³/mol. The van der Waals surface area contributed by atoms with Crippen molar-refractivity contribution in [1.82, 2.24) is 4.90 Å². The third kappa shape index (κ3) is 0.926. The Morgan fingerprint density at radius 3 is 2.40 bits per heavy atom. The number of carbonyl (C=O) groups excluding carboxylic acids is 1. The van der Waals surface area contributed by atoms with E-state index >= 15 is 0 Å². The van der Waals surface area contributed by atoms with Gasteiger partial charge in [0.1, 0.15) is 0 Å². The highest BCUT2D eigenvalue weighted by atomic mass is 32.2. The Morgan fingerprint density at radius 2 is 1.90 bits per heavy atom. The molecule has 2 fully saturated rings. The third-order valence-electron chi connectivity index (χ3n) is 2.42. The summed E-state index contributed by atoms with van der Waals surface area (Å²) in [6.45, 7) is 2.03. The van der Waals surface area contributed by atoms with Gasteiger partial charge in [-0.25, -0.2) is 0 Å². The number of rotatable bonds is 1. The fourth-order valence-electron chi connectivity index (χ4n) is 1.81. The van der Waals surface area contributed by atoms with Gasteiger partial charge in [-0.15, -0.1) is 0 Å². The molecule has 0 N–H and O–H groups in total. The van der Waals surface area contributed by atoms with Crippen molar-refractivity contribution in [2.45, 2.75) is 0 Å². The number of amides is 1. The highest BCUT2D eigenvalue weighted by Gasteiger charge is 2.35. The largest absolute Gasteiger partial charge is 0.345 e. The summed E-state index contributed by atoms with van der Waals surface area (Å²) in [7, 11) is 0. The van der Waals surface area contributed by atoms with Crippen LogP contribution in [0.1, 0.15) is 0 Å². The van der Waals surface area contributed by atoms with Gasteiger partial charge in [-0.2, -0.15) is 11.8 Å². The summed E-state index contributed by atoms with van der Waals surface area (Å²) in [6.07, 6.45) is 0.989. The van der Waals surface area contributed by atoms with E-state index in [2.05, 4.69) is 0 Å². The van der Waals surface area contributed by atoms with Gasteiger partial charge in [0.15, 0.2) is 0 Å². The zero-order valence-electron chi connectivity index (χ0n) is 5.82. The maximum Gasteiger partial charge on any atom is 0.209 e. The van der Waals surface area contributed by atoms with Gasteiger partial charge in [0, 0.05) is 13.1 Å². The van der Waals surface area contributed by atoms with Crippen molar-refractivity contribution in [3.05, 3.63) is 0 Å². The highest BCUT2D eigenvalue weighted by Crippen LogP contribution is 2.34. The standard InChI is InChI=1S/C7H11NOS/c9-5-8-1-6-3-10-4-7(6)2-8/h5-7H,1-4H2/t6-,7+. The minimum absolute atomic E-state index is 0.815. The Kier molecular flexibility index (Phi) is 1.60. The molecule has 0 aromatic rings. The van der Waals surface area contributed by atoms with Gasteiger partial charge in [-0.1, -0.05) is 0 Å². The second kappa shape index (κ2) is 2.46. The van der Waals surface area contributed by atoms with E-state index in [1.165, 1.54) is 11.5 Å². The molecule has 2 saturated heterocycles. The van der Waals surface area contributed by atoms with Crippen molar-refractivity contribution in [2.75, 3.05) is 24.6 Å². The number of carbonyl (C=O) groups is 1. The third-order valence-corrected chi connectivity index (χ3v) is 3.75. The van der Waals surface area contributed by atoms with Crippen molar-refractivity contribution in [3.8, 4) is 0 Å². The van der Waals surface area contributed by atoms with Crippen LogP contribution in [0, 0.1) is 11.8 Å². The van der Waals surface area contributed by atoms with E-state index in [9.17, 15) is 4.79 Å². The molecule has 2 aliphatic rings. The van der Waals surface area contributed by atoms with E-state index in [1.54, 1.807) is 0 Å². The first-order valence-electron chi connectivity index (χ1n) is 3.67. The summed E-state index contributed by atoms with van der Waals surface area (Å²) in [6, 6.07) is 0. The molecule has 3 heteroatoms. The molecule has 2 atom stereocenters. The molecular formula is C7H11NOS. The molecule has 0 unspecified atom stereocenters. The average molecular weight is 157 g/mol. The zero-order valence-corrected chi connectivity index (χ0v) is 6.64. The SMILES string of the molecule is O=CN1C[C@H]2CSC[C@H]2C1. The first-order valence-corrected chi connectivity index (χ1v) is 4.82. The molecule has 0 radical (unpaired) electrons. The summed E-state index contributed by atoms with van der Waals surface area (Å²) < 4.78 is 0. The highest BCUT2D eigenvalue weighted by molar-refractivity contribution is 7.99. The van der Waals surface area contributed by atoms with Crippen molar-refractivity contribution in [3.63, 3.8) is 0 Å². The van der Waals surface area contributed by atoms with Crippen molar-refractivity contribution in [2.24, 2.45) is 11.8 Å². The topological polar surface area (TPSA) is 20.3 Å². The van der Waals surface area contributed by atoms with E-state index in [0.29, 0.717) is 0 Å². The Bertz CT molecular complexity index is 139. The lowest BCUT2D eigenvalue weighted by molar-refractivity contribution is -0.117. The van der Waals surface area contributed by atoms with Gasteiger partial charge in [0.05, 0.1) is 0 Å². The van der Waals surface area contributed by atoms with Crippen molar-refractivity contribution < 1.29 is 4.79 Å². The van der Waals surface area contributed by atoms with Gasteiger partial charge in [0.2, 0.25) is 6.41 Å². The molecule has 2 aliphatic heterocycles. The number of nitrogens with zero attached hydrogens (tertiary/aromatic N) is 1. The maximum atomic E-state index is 10.4.